The van der Waals surface area contributed by atoms with Gasteiger partial charge in [-0.3, -0.25) is 9.59 Å². The molecule has 2 aromatic carbocycles. The number of anilines is 1. The Hall–Kier alpha value is -3.41. The average molecular weight is 363 g/mol. The van der Waals surface area contributed by atoms with Gasteiger partial charge in [0.25, 0.3) is 5.56 Å². The molecule has 0 aliphatic carbocycles. The molecule has 0 bridgehead atoms. The predicted molar refractivity (Wildman–Crippen MR) is 104 cm³/mol. The highest BCUT2D eigenvalue weighted by molar-refractivity contribution is 5.91. The Morgan fingerprint density at radius 3 is 2.67 bits per heavy atom. The first kappa shape index (κ1) is 17.0. The molecule has 0 fully saturated rings. The highest BCUT2D eigenvalue weighted by Gasteiger charge is 2.13. The summed E-state index contributed by atoms with van der Waals surface area (Å²) in [5.41, 5.74) is 3.14. The van der Waals surface area contributed by atoms with Gasteiger partial charge in [-0.25, -0.2) is 4.39 Å². The van der Waals surface area contributed by atoms with Crippen molar-refractivity contribution in [3.05, 3.63) is 82.5 Å². The monoisotopic (exact) mass is 363 g/mol. The van der Waals surface area contributed by atoms with Gasteiger partial charge in [0, 0.05) is 24.8 Å². The lowest BCUT2D eigenvalue weighted by Crippen LogP contribution is -2.25. The number of benzene rings is 2. The van der Waals surface area contributed by atoms with Crippen LogP contribution in [0.25, 0.3) is 16.6 Å². The maximum absolute atomic E-state index is 13.8. The lowest BCUT2D eigenvalue weighted by molar-refractivity contribution is -0.116. The van der Waals surface area contributed by atoms with Gasteiger partial charge in [-0.05, 0) is 48.9 Å². The summed E-state index contributed by atoms with van der Waals surface area (Å²) in [6, 6.07) is 15.3. The van der Waals surface area contributed by atoms with E-state index in [2.05, 4.69) is 5.32 Å². The first-order chi connectivity index (χ1) is 13.0. The number of hydrogen-bond acceptors (Lipinski definition) is 2. The zero-order chi connectivity index (χ0) is 19.0. The molecule has 0 atom stereocenters. The summed E-state index contributed by atoms with van der Waals surface area (Å²) in [5.74, 6) is -0.623. The molecule has 0 spiro atoms. The first-order valence-electron chi connectivity index (χ1n) is 8.69. The Kier molecular flexibility index (Phi) is 4.24. The van der Waals surface area contributed by atoms with Gasteiger partial charge >= 0.3 is 0 Å². The number of amides is 1. The van der Waals surface area contributed by atoms with Crippen molar-refractivity contribution in [2.24, 2.45) is 0 Å². The van der Waals surface area contributed by atoms with Gasteiger partial charge in [-0.2, -0.15) is 0 Å². The number of halogens is 1. The van der Waals surface area contributed by atoms with E-state index in [0.717, 1.165) is 16.8 Å². The van der Waals surface area contributed by atoms with Gasteiger partial charge in [0.2, 0.25) is 5.91 Å². The van der Waals surface area contributed by atoms with Crippen LogP contribution in [0.5, 0.6) is 0 Å². The molecule has 0 aliphatic rings. The number of aromatic nitrogens is 2. The standard InChI is InChI=1S/C21H18FN3O2/c1-14-5-2-3-6-16(14)23-20(26)10-12-25-19-13-15(22)8-9-17(19)24-11-4-7-18(24)21(25)27/h2-9,11,13H,10,12H2,1H3,(H,23,26). The summed E-state index contributed by atoms with van der Waals surface area (Å²) in [4.78, 5) is 25.2. The SMILES string of the molecule is Cc1ccccc1NC(=O)CCn1c(=O)c2cccn2c2ccc(F)cc21. The molecule has 2 heterocycles. The molecule has 5 nitrogen and oxygen atoms in total. The molecule has 1 amide bonds. The van der Waals surface area contributed by atoms with E-state index >= 15 is 0 Å². The molecule has 4 aromatic rings. The first-order valence-corrected chi connectivity index (χ1v) is 8.69. The average Bonchev–Trinajstić information content (AvgIpc) is 3.13. The number of nitrogens with one attached hydrogen (secondary N) is 1. The molecule has 6 heteroatoms. The summed E-state index contributed by atoms with van der Waals surface area (Å²) in [5, 5.41) is 2.86. The van der Waals surface area contributed by atoms with Crippen molar-refractivity contribution in [2.45, 2.75) is 19.9 Å². The summed E-state index contributed by atoms with van der Waals surface area (Å²) in [7, 11) is 0. The van der Waals surface area contributed by atoms with Gasteiger partial charge in [0.1, 0.15) is 11.3 Å². The van der Waals surface area contributed by atoms with Crippen LogP contribution in [0.4, 0.5) is 10.1 Å². The number of fused-ring (bicyclic) bond motifs is 3. The quantitative estimate of drug-likeness (QED) is 0.601. The lowest BCUT2D eigenvalue weighted by Gasteiger charge is -2.13. The Labute approximate surface area is 154 Å². The number of rotatable bonds is 4. The second kappa shape index (κ2) is 6.72. The highest BCUT2D eigenvalue weighted by atomic mass is 19.1. The molecule has 0 unspecified atom stereocenters. The lowest BCUT2D eigenvalue weighted by atomic mass is 10.2. The Bertz CT molecular complexity index is 1220. The minimum absolute atomic E-state index is 0.108. The van der Waals surface area contributed by atoms with Crippen LogP contribution in [0.3, 0.4) is 0 Å². The van der Waals surface area contributed by atoms with Gasteiger partial charge in [0.15, 0.2) is 0 Å². The van der Waals surface area contributed by atoms with E-state index in [4.69, 9.17) is 0 Å². The van der Waals surface area contributed by atoms with Crippen LogP contribution < -0.4 is 10.9 Å². The molecule has 0 saturated carbocycles. The molecule has 27 heavy (non-hydrogen) atoms. The van der Waals surface area contributed by atoms with Crippen LogP contribution >= 0.6 is 0 Å². The molecule has 0 radical (unpaired) electrons. The van der Waals surface area contributed by atoms with Crippen LogP contribution in [0.1, 0.15) is 12.0 Å². The summed E-state index contributed by atoms with van der Waals surface area (Å²) in [6.07, 6.45) is 1.88. The maximum atomic E-state index is 13.8. The van der Waals surface area contributed by atoms with Crippen LogP contribution in [0.15, 0.2) is 65.6 Å². The molecule has 0 saturated heterocycles. The van der Waals surface area contributed by atoms with Crippen LogP contribution in [0.2, 0.25) is 0 Å². The number of nitrogens with zero attached hydrogens (tertiary/aromatic N) is 2. The molecule has 4 rings (SSSR count). The van der Waals surface area contributed by atoms with Gasteiger partial charge in [-0.15, -0.1) is 0 Å². The van der Waals surface area contributed by atoms with Gasteiger partial charge in [0.05, 0.1) is 11.0 Å². The zero-order valence-electron chi connectivity index (χ0n) is 14.8. The van der Waals surface area contributed by atoms with Crippen molar-refractivity contribution in [3.8, 4) is 0 Å². The fourth-order valence-electron chi connectivity index (χ4n) is 3.29. The molecule has 1 N–H and O–H groups in total. The molecule has 2 aromatic heterocycles. The minimum atomic E-state index is -0.425. The molecular formula is C21H18FN3O2. The predicted octanol–water partition coefficient (Wildman–Crippen LogP) is 3.73. The second-order valence-corrected chi connectivity index (χ2v) is 6.47. The molecule has 0 aliphatic heterocycles. The summed E-state index contributed by atoms with van der Waals surface area (Å²) in [6.45, 7) is 2.08. The van der Waals surface area contributed by atoms with Gasteiger partial charge in [-0.1, -0.05) is 18.2 Å². The zero-order valence-corrected chi connectivity index (χ0v) is 14.8. The third-order valence-electron chi connectivity index (χ3n) is 4.68. The summed E-state index contributed by atoms with van der Waals surface area (Å²) < 4.78 is 17.0. The van der Waals surface area contributed by atoms with Crippen LogP contribution in [0, 0.1) is 12.7 Å². The Balaban J connectivity index is 1.67. The van der Waals surface area contributed by atoms with E-state index in [1.807, 2.05) is 31.2 Å². The molecule has 136 valence electrons. The number of carbonyl (C=O) groups is 1. The van der Waals surface area contributed by atoms with Crippen molar-refractivity contribution >= 4 is 28.1 Å². The van der Waals surface area contributed by atoms with Crippen LogP contribution in [-0.4, -0.2) is 14.9 Å². The van der Waals surface area contributed by atoms with E-state index in [0.29, 0.717) is 11.0 Å². The van der Waals surface area contributed by atoms with E-state index < -0.39 is 5.82 Å². The molecular weight excluding hydrogens is 345 g/mol. The Morgan fingerprint density at radius 1 is 1.04 bits per heavy atom. The topological polar surface area (TPSA) is 55.5 Å². The smallest absolute Gasteiger partial charge is 0.275 e. The van der Waals surface area contributed by atoms with Crippen molar-refractivity contribution in [3.63, 3.8) is 0 Å². The second-order valence-electron chi connectivity index (χ2n) is 6.47. The van der Waals surface area contributed by atoms with E-state index in [9.17, 15) is 14.0 Å². The van der Waals surface area contributed by atoms with E-state index in [1.165, 1.54) is 16.7 Å². The fourth-order valence-corrected chi connectivity index (χ4v) is 3.29. The van der Waals surface area contributed by atoms with Crippen molar-refractivity contribution < 1.29 is 9.18 Å². The number of aryl methyl sites for hydroxylation is 2. The fraction of sp³-hybridized carbons (Fsp3) is 0.143. The van der Waals surface area contributed by atoms with Crippen molar-refractivity contribution in [1.82, 2.24) is 8.97 Å². The normalized spacial score (nSPS) is 11.2. The minimum Gasteiger partial charge on any atom is -0.326 e. The Morgan fingerprint density at radius 2 is 1.85 bits per heavy atom. The largest absolute Gasteiger partial charge is 0.326 e. The van der Waals surface area contributed by atoms with E-state index in [-0.39, 0.29) is 24.4 Å². The van der Waals surface area contributed by atoms with Crippen molar-refractivity contribution in [1.29, 1.82) is 0 Å². The number of carbonyl (C=O) groups excluding carboxylic acids is 1. The highest BCUT2D eigenvalue weighted by Crippen LogP contribution is 2.18. The third kappa shape index (κ3) is 3.10. The number of para-hydroxylation sites is 1. The van der Waals surface area contributed by atoms with Gasteiger partial charge < -0.3 is 14.3 Å². The number of hydrogen-bond donors (Lipinski definition) is 1. The maximum Gasteiger partial charge on any atom is 0.275 e. The van der Waals surface area contributed by atoms with E-state index in [1.54, 1.807) is 28.8 Å². The summed E-state index contributed by atoms with van der Waals surface area (Å²) >= 11 is 0. The third-order valence-corrected chi connectivity index (χ3v) is 4.68. The van der Waals surface area contributed by atoms with Crippen molar-refractivity contribution in [2.75, 3.05) is 5.32 Å². The van der Waals surface area contributed by atoms with Crippen LogP contribution in [-0.2, 0) is 11.3 Å².